The summed E-state index contributed by atoms with van der Waals surface area (Å²) in [6, 6.07) is 12.2. The van der Waals surface area contributed by atoms with Gasteiger partial charge in [-0.1, -0.05) is 23.7 Å². The molecule has 0 fully saturated rings. The normalized spacial score (nSPS) is 10.7. The quantitative estimate of drug-likeness (QED) is 0.753. The van der Waals surface area contributed by atoms with Crippen molar-refractivity contribution in [2.75, 3.05) is 11.9 Å². The molecule has 118 valence electrons. The van der Waals surface area contributed by atoms with Crippen molar-refractivity contribution in [2.24, 2.45) is 0 Å². The Bertz CT molecular complexity index is 795. The lowest BCUT2D eigenvalue weighted by molar-refractivity contribution is 0.0995. The number of amides is 1. The van der Waals surface area contributed by atoms with Crippen LogP contribution in [0.15, 0.2) is 53.1 Å². The summed E-state index contributed by atoms with van der Waals surface area (Å²) in [6.07, 6.45) is 1.43. The molecule has 0 aliphatic rings. The van der Waals surface area contributed by atoms with E-state index in [9.17, 15) is 4.79 Å². The van der Waals surface area contributed by atoms with Crippen LogP contribution >= 0.6 is 11.6 Å². The summed E-state index contributed by atoms with van der Waals surface area (Å²) in [4.78, 5) is 12.1. The predicted octanol–water partition coefficient (Wildman–Crippen LogP) is 3.04. The van der Waals surface area contributed by atoms with Gasteiger partial charge in [0.2, 0.25) is 0 Å². The molecule has 0 spiro atoms. The molecule has 0 saturated heterocycles. The number of aromatic nitrogens is 2. The largest absolute Gasteiger partial charge is 0.459 e. The number of nitrogens with zero attached hydrogens (tertiary/aromatic N) is 2. The van der Waals surface area contributed by atoms with Crippen LogP contribution in [0.5, 0.6) is 0 Å². The van der Waals surface area contributed by atoms with E-state index in [0.717, 1.165) is 5.56 Å². The van der Waals surface area contributed by atoms with E-state index in [1.807, 2.05) is 12.1 Å². The lowest BCUT2D eigenvalue weighted by Crippen LogP contribution is -2.16. The first-order valence-corrected chi connectivity index (χ1v) is 7.34. The third kappa shape index (κ3) is 3.44. The second kappa shape index (κ2) is 6.68. The Balaban J connectivity index is 1.89. The van der Waals surface area contributed by atoms with Crippen molar-refractivity contribution in [3.63, 3.8) is 0 Å². The van der Waals surface area contributed by atoms with Crippen molar-refractivity contribution in [3.05, 3.63) is 59.5 Å². The van der Waals surface area contributed by atoms with Gasteiger partial charge in [0.25, 0.3) is 5.91 Å². The van der Waals surface area contributed by atoms with Crippen LogP contribution in [-0.4, -0.2) is 27.4 Å². The number of aliphatic hydroxyl groups is 1. The van der Waals surface area contributed by atoms with Gasteiger partial charge in [-0.15, -0.1) is 0 Å². The molecule has 3 rings (SSSR count). The van der Waals surface area contributed by atoms with Crippen molar-refractivity contribution in [2.45, 2.75) is 6.54 Å². The highest BCUT2D eigenvalue weighted by Gasteiger charge is 2.14. The third-order valence-corrected chi connectivity index (χ3v) is 3.47. The first-order chi connectivity index (χ1) is 11.2. The number of carbonyl (C=O) groups is 1. The molecule has 0 unspecified atom stereocenters. The van der Waals surface area contributed by atoms with Gasteiger partial charge in [0.05, 0.1) is 25.1 Å². The van der Waals surface area contributed by atoms with E-state index in [0.29, 0.717) is 16.5 Å². The molecule has 0 bridgehead atoms. The molecule has 0 saturated carbocycles. The first kappa shape index (κ1) is 15.3. The highest BCUT2D eigenvalue weighted by molar-refractivity contribution is 6.30. The summed E-state index contributed by atoms with van der Waals surface area (Å²) >= 11 is 5.89. The maximum Gasteiger partial charge on any atom is 0.292 e. The molecular weight excluding hydrogens is 318 g/mol. The molecule has 0 atom stereocenters. The first-order valence-electron chi connectivity index (χ1n) is 6.97. The Morgan fingerprint density at radius 1 is 1.30 bits per heavy atom. The monoisotopic (exact) mass is 331 g/mol. The summed E-state index contributed by atoms with van der Waals surface area (Å²) in [6.45, 7) is 0.173. The highest BCUT2D eigenvalue weighted by Crippen LogP contribution is 2.24. The van der Waals surface area contributed by atoms with Gasteiger partial charge in [0, 0.05) is 16.7 Å². The van der Waals surface area contributed by atoms with Gasteiger partial charge in [0.15, 0.2) is 5.76 Å². The summed E-state index contributed by atoms with van der Waals surface area (Å²) in [5.74, 6) is 0.303. The number of furan rings is 1. The molecule has 7 heteroatoms. The molecule has 0 aliphatic carbocycles. The van der Waals surface area contributed by atoms with E-state index in [1.165, 1.54) is 10.9 Å². The van der Waals surface area contributed by atoms with E-state index in [1.54, 1.807) is 30.3 Å². The second-order valence-electron chi connectivity index (χ2n) is 4.80. The third-order valence-electron chi connectivity index (χ3n) is 3.22. The van der Waals surface area contributed by atoms with Crippen LogP contribution in [0.1, 0.15) is 10.6 Å². The van der Waals surface area contributed by atoms with Gasteiger partial charge in [-0.05, 0) is 24.3 Å². The van der Waals surface area contributed by atoms with Crippen molar-refractivity contribution in [3.8, 4) is 11.3 Å². The lowest BCUT2D eigenvalue weighted by atomic mass is 10.1. The van der Waals surface area contributed by atoms with Crippen LogP contribution in [0.3, 0.4) is 0 Å². The van der Waals surface area contributed by atoms with E-state index in [4.69, 9.17) is 21.1 Å². The molecule has 2 aromatic heterocycles. The highest BCUT2D eigenvalue weighted by atomic mass is 35.5. The summed E-state index contributed by atoms with van der Waals surface area (Å²) in [5, 5.41) is 16.9. The van der Waals surface area contributed by atoms with Crippen molar-refractivity contribution in [1.82, 2.24) is 9.78 Å². The van der Waals surface area contributed by atoms with Crippen LogP contribution in [-0.2, 0) is 6.54 Å². The lowest BCUT2D eigenvalue weighted by Gasteiger charge is -2.05. The van der Waals surface area contributed by atoms with Gasteiger partial charge in [-0.2, -0.15) is 5.10 Å². The number of hydrogen-bond acceptors (Lipinski definition) is 4. The van der Waals surface area contributed by atoms with Crippen molar-refractivity contribution >= 4 is 23.3 Å². The van der Waals surface area contributed by atoms with Crippen LogP contribution in [0.25, 0.3) is 11.3 Å². The van der Waals surface area contributed by atoms with E-state index < -0.39 is 0 Å². The average molecular weight is 332 g/mol. The molecule has 2 heterocycles. The zero-order valence-electron chi connectivity index (χ0n) is 12.1. The molecule has 3 aromatic rings. The minimum absolute atomic E-state index is 0.0919. The topological polar surface area (TPSA) is 80.3 Å². The fourth-order valence-electron chi connectivity index (χ4n) is 2.13. The Kier molecular flexibility index (Phi) is 4.45. The number of halogens is 1. The maximum absolute atomic E-state index is 12.1. The smallest absolute Gasteiger partial charge is 0.292 e. The van der Waals surface area contributed by atoms with E-state index in [2.05, 4.69) is 10.4 Å². The Hall–Kier alpha value is -2.57. The summed E-state index contributed by atoms with van der Waals surface area (Å²) < 4.78 is 6.60. The Morgan fingerprint density at radius 3 is 2.74 bits per heavy atom. The minimum Gasteiger partial charge on any atom is -0.459 e. The molecule has 0 radical (unpaired) electrons. The van der Waals surface area contributed by atoms with Gasteiger partial charge >= 0.3 is 0 Å². The van der Waals surface area contributed by atoms with Crippen LogP contribution in [0.4, 0.5) is 5.82 Å². The number of nitrogens with one attached hydrogen (secondary N) is 1. The van der Waals surface area contributed by atoms with Gasteiger partial charge < -0.3 is 14.8 Å². The van der Waals surface area contributed by atoms with Crippen LogP contribution < -0.4 is 5.32 Å². The van der Waals surface area contributed by atoms with Crippen molar-refractivity contribution < 1.29 is 14.3 Å². The summed E-state index contributed by atoms with van der Waals surface area (Å²) in [7, 11) is 0. The SMILES string of the molecule is O=C(Nc1cc(-c2ccc(Cl)cc2)nn1CCO)c1ccco1. The average Bonchev–Trinajstić information content (AvgIpc) is 3.19. The van der Waals surface area contributed by atoms with Crippen molar-refractivity contribution in [1.29, 1.82) is 0 Å². The molecule has 1 aromatic carbocycles. The minimum atomic E-state index is -0.378. The molecule has 6 nitrogen and oxygen atoms in total. The second-order valence-corrected chi connectivity index (χ2v) is 5.24. The number of hydrogen-bond donors (Lipinski definition) is 2. The number of benzene rings is 1. The van der Waals surface area contributed by atoms with E-state index in [-0.39, 0.29) is 24.8 Å². The molecular formula is C16H14ClN3O3. The fraction of sp³-hybridized carbons (Fsp3) is 0.125. The maximum atomic E-state index is 12.1. The number of carbonyl (C=O) groups excluding carboxylic acids is 1. The number of rotatable bonds is 5. The Morgan fingerprint density at radius 2 is 2.09 bits per heavy atom. The number of aliphatic hydroxyl groups excluding tert-OH is 1. The van der Waals surface area contributed by atoms with Gasteiger partial charge in [-0.3, -0.25) is 4.79 Å². The van der Waals surface area contributed by atoms with Gasteiger partial charge in [0.1, 0.15) is 5.82 Å². The van der Waals surface area contributed by atoms with Gasteiger partial charge in [-0.25, -0.2) is 4.68 Å². The fourth-order valence-corrected chi connectivity index (χ4v) is 2.26. The standard InChI is InChI=1S/C16H14ClN3O3/c17-12-5-3-11(4-6-12)13-10-15(20(19-13)7-8-21)18-16(22)14-2-1-9-23-14/h1-6,9-10,21H,7-8H2,(H,18,22). The summed E-state index contributed by atoms with van der Waals surface area (Å²) in [5.41, 5.74) is 1.53. The molecule has 0 aliphatic heterocycles. The molecule has 1 amide bonds. The van der Waals surface area contributed by atoms with E-state index >= 15 is 0 Å². The van der Waals surface area contributed by atoms with Crippen LogP contribution in [0, 0.1) is 0 Å². The van der Waals surface area contributed by atoms with Crippen LogP contribution in [0.2, 0.25) is 5.02 Å². The predicted molar refractivity (Wildman–Crippen MR) is 86.4 cm³/mol. The zero-order valence-corrected chi connectivity index (χ0v) is 12.8. The number of anilines is 1. The molecule has 23 heavy (non-hydrogen) atoms. The zero-order chi connectivity index (χ0) is 16.2. The molecule has 2 N–H and O–H groups in total. The Labute approximate surface area is 137 Å².